The second-order valence-electron chi connectivity index (χ2n) is 12.8. The quantitative estimate of drug-likeness (QED) is 0.109. The lowest BCUT2D eigenvalue weighted by atomic mass is 9.91. The van der Waals surface area contributed by atoms with Crippen molar-refractivity contribution in [1.82, 2.24) is 14.9 Å². The number of anilines is 1. The Balaban J connectivity index is 1.11. The molecule has 3 aromatic carbocycles. The fraction of sp³-hybridized carbons (Fsp3) is 0.368. The van der Waals surface area contributed by atoms with Crippen LogP contribution in [0.25, 0.3) is 0 Å². The van der Waals surface area contributed by atoms with Crippen LogP contribution in [0, 0.1) is 11.8 Å². The molecule has 2 amide bonds. The van der Waals surface area contributed by atoms with Crippen molar-refractivity contribution in [3.05, 3.63) is 112 Å². The zero-order valence-electron chi connectivity index (χ0n) is 28.1. The van der Waals surface area contributed by atoms with E-state index in [0.29, 0.717) is 32.2 Å². The summed E-state index contributed by atoms with van der Waals surface area (Å²) in [5.74, 6) is -0.633. The molecule has 12 heteroatoms. The number of imidazole rings is 1. The lowest BCUT2D eigenvalue weighted by molar-refractivity contribution is -0.131. The van der Waals surface area contributed by atoms with Crippen molar-refractivity contribution in [1.29, 1.82) is 0 Å². The number of nitrogens with zero attached hydrogens (tertiary/aromatic N) is 1. The predicted molar refractivity (Wildman–Crippen MR) is 185 cm³/mol. The number of methoxy groups -OCH3 is 2. The van der Waals surface area contributed by atoms with Crippen molar-refractivity contribution in [2.45, 2.75) is 50.4 Å². The van der Waals surface area contributed by atoms with Gasteiger partial charge in [0.25, 0.3) is 0 Å². The lowest BCUT2D eigenvalue weighted by Crippen LogP contribution is -2.35. The maximum atomic E-state index is 13.4. The molecular weight excluding hydrogens is 640 g/mol. The Kier molecular flexibility index (Phi) is 10.8. The lowest BCUT2D eigenvalue weighted by Gasteiger charge is -2.31. The van der Waals surface area contributed by atoms with Crippen LogP contribution in [0.1, 0.15) is 71.5 Å². The maximum absolute atomic E-state index is 13.4. The number of carbonyl (C=O) groups is 3. The van der Waals surface area contributed by atoms with Gasteiger partial charge in [-0.2, -0.15) is 0 Å². The molecule has 4 unspecified atom stereocenters. The Morgan fingerprint density at radius 2 is 1.46 bits per heavy atom. The van der Waals surface area contributed by atoms with Gasteiger partial charge >= 0.3 is 5.69 Å². The molecule has 50 heavy (non-hydrogen) atoms. The fourth-order valence-corrected chi connectivity index (χ4v) is 6.82. The highest BCUT2D eigenvalue weighted by Crippen LogP contribution is 2.40. The molecule has 6 rings (SSSR count). The number of amides is 2. The van der Waals surface area contributed by atoms with Crippen LogP contribution < -0.4 is 20.5 Å². The van der Waals surface area contributed by atoms with Gasteiger partial charge in [0.1, 0.15) is 35.0 Å². The maximum Gasteiger partial charge on any atom is 0.325 e. The number of rotatable bonds is 14. The predicted octanol–water partition coefficient (Wildman–Crippen LogP) is 4.79. The first-order valence-electron chi connectivity index (χ1n) is 16.9. The number of aliphatic hydroxyl groups is 1. The molecule has 3 heterocycles. The molecule has 1 saturated heterocycles. The van der Waals surface area contributed by atoms with Crippen LogP contribution in [0.5, 0.6) is 11.5 Å². The van der Waals surface area contributed by atoms with E-state index >= 15 is 0 Å². The van der Waals surface area contributed by atoms with Gasteiger partial charge in [0.2, 0.25) is 11.8 Å². The number of fused-ring (bicyclic) bond motifs is 1. The second kappa shape index (κ2) is 15.6. The molecule has 2 aliphatic heterocycles. The van der Waals surface area contributed by atoms with Gasteiger partial charge in [0, 0.05) is 25.4 Å². The van der Waals surface area contributed by atoms with Crippen molar-refractivity contribution in [3.63, 3.8) is 0 Å². The smallest absolute Gasteiger partial charge is 0.325 e. The van der Waals surface area contributed by atoms with Crippen LogP contribution in [0.4, 0.5) is 5.82 Å². The van der Waals surface area contributed by atoms with Gasteiger partial charge in [-0.15, -0.1) is 0 Å². The molecule has 1 fully saturated rings. The average Bonchev–Trinajstić information content (AvgIpc) is 3.71. The summed E-state index contributed by atoms with van der Waals surface area (Å²) < 4.78 is 17.8. The van der Waals surface area contributed by atoms with E-state index in [-0.39, 0.29) is 36.3 Å². The topological polar surface area (TPSA) is 163 Å². The number of ether oxygens (including phenoxy) is 3. The first-order valence-corrected chi connectivity index (χ1v) is 16.9. The van der Waals surface area contributed by atoms with E-state index in [1.807, 2.05) is 78.9 Å². The van der Waals surface area contributed by atoms with E-state index in [2.05, 4.69) is 15.3 Å². The summed E-state index contributed by atoms with van der Waals surface area (Å²) in [5, 5.41) is 14.0. The van der Waals surface area contributed by atoms with Crippen molar-refractivity contribution in [3.8, 4) is 11.5 Å². The van der Waals surface area contributed by atoms with Crippen molar-refractivity contribution < 1.29 is 33.7 Å². The highest BCUT2D eigenvalue weighted by atomic mass is 16.5. The highest BCUT2D eigenvalue weighted by Gasteiger charge is 2.41. The summed E-state index contributed by atoms with van der Waals surface area (Å²) >= 11 is 0. The van der Waals surface area contributed by atoms with Gasteiger partial charge in [0.05, 0.1) is 26.4 Å². The number of H-pyrrole nitrogens is 2. The first kappa shape index (κ1) is 34.7. The molecular formula is C38H42N4O8. The largest absolute Gasteiger partial charge is 0.497 e. The summed E-state index contributed by atoms with van der Waals surface area (Å²) in [6, 6.07) is 25.2. The number of benzene rings is 3. The van der Waals surface area contributed by atoms with E-state index in [4.69, 9.17) is 14.2 Å². The summed E-state index contributed by atoms with van der Waals surface area (Å²) in [6.45, 7) is 0.519. The van der Waals surface area contributed by atoms with E-state index in [1.165, 1.54) is 0 Å². The first-order chi connectivity index (χ1) is 24.2. The number of nitrogens with one attached hydrogen (secondary N) is 3. The third kappa shape index (κ3) is 7.66. The molecule has 262 valence electrons. The molecule has 4 atom stereocenters. The van der Waals surface area contributed by atoms with E-state index in [1.54, 1.807) is 19.1 Å². The number of ketones is 1. The standard InChI is InChI=1S/C38H42N4O8/c1-48-26-17-13-24(14-18-26)34(25-15-19-27(49-2)20-16-25)50-35(23-9-5-3-6-10-23)29-21-42(22-30(29)43)31(44)12-8-4-7-11-28-33(45)32-36(40-37(28)46)41-38(47)39-32/h3,5-6,9-10,13-20,28-30,34-35,43H,4,7-8,11-12,21-22H2,1-2H3,(H,40,46)(H2,39,41,47). The van der Waals surface area contributed by atoms with E-state index < -0.39 is 41.6 Å². The Bertz CT molecular complexity index is 1790. The van der Waals surface area contributed by atoms with Gasteiger partial charge in [-0.1, -0.05) is 67.4 Å². The van der Waals surface area contributed by atoms with Crippen LogP contribution in [0.3, 0.4) is 0 Å². The number of aromatic amines is 2. The minimum Gasteiger partial charge on any atom is -0.497 e. The fourth-order valence-electron chi connectivity index (χ4n) is 6.82. The Morgan fingerprint density at radius 3 is 2.08 bits per heavy atom. The number of unbranched alkanes of at least 4 members (excludes halogenated alkanes) is 2. The van der Waals surface area contributed by atoms with Crippen molar-refractivity contribution >= 4 is 23.4 Å². The third-order valence-electron chi connectivity index (χ3n) is 9.56. The average molecular weight is 683 g/mol. The summed E-state index contributed by atoms with van der Waals surface area (Å²) in [7, 11) is 3.24. The van der Waals surface area contributed by atoms with Crippen LogP contribution >= 0.6 is 0 Å². The zero-order chi connectivity index (χ0) is 35.2. The summed E-state index contributed by atoms with van der Waals surface area (Å²) in [5.41, 5.74) is 2.26. The molecule has 0 radical (unpaired) electrons. The van der Waals surface area contributed by atoms with E-state index in [9.17, 15) is 24.3 Å². The summed E-state index contributed by atoms with van der Waals surface area (Å²) in [4.78, 5) is 56.7. The SMILES string of the molecule is COc1ccc(C(OC(c2ccccc2)C2CN(C(=O)CCCCCC3C(=O)Nc4[nH]c(=O)[nH]c4C3=O)CC2O)c2ccc(OC)cc2)cc1. The molecule has 1 aromatic heterocycles. The highest BCUT2D eigenvalue weighted by molar-refractivity contribution is 6.19. The Morgan fingerprint density at radius 1 is 0.820 bits per heavy atom. The third-order valence-corrected chi connectivity index (χ3v) is 9.56. The van der Waals surface area contributed by atoms with Crippen molar-refractivity contribution in [2.75, 3.05) is 32.6 Å². The number of hydrogen-bond donors (Lipinski definition) is 4. The molecule has 4 N–H and O–H groups in total. The molecule has 0 spiro atoms. The molecule has 0 aliphatic carbocycles. The number of hydrogen-bond acceptors (Lipinski definition) is 8. The van der Waals surface area contributed by atoms with Gasteiger partial charge in [0.15, 0.2) is 5.78 Å². The normalized spacial score (nSPS) is 19.3. The van der Waals surface area contributed by atoms with Gasteiger partial charge in [-0.25, -0.2) is 4.79 Å². The number of likely N-dealkylation sites (tertiary alicyclic amines) is 1. The number of carbonyl (C=O) groups excluding carboxylic acids is 3. The minimum atomic E-state index is -0.881. The molecule has 2 aliphatic rings. The van der Waals surface area contributed by atoms with Gasteiger partial charge in [-0.05, 0) is 53.8 Å². The van der Waals surface area contributed by atoms with Crippen LogP contribution in [-0.4, -0.2) is 71.0 Å². The molecule has 0 saturated carbocycles. The van der Waals surface area contributed by atoms with Gasteiger partial charge < -0.3 is 34.5 Å². The van der Waals surface area contributed by atoms with Crippen LogP contribution in [-0.2, 0) is 14.3 Å². The molecule has 4 aromatic rings. The molecule has 12 nitrogen and oxygen atoms in total. The number of aromatic nitrogens is 2. The minimum absolute atomic E-state index is 0.0683. The Hall–Kier alpha value is -5.20. The van der Waals surface area contributed by atoms with Gasteiger partial charge in [-0.3, -0.25) is 19.4 Å². The van der Waals surface area contributed by atoms with E-state index in [0.717, 1.165) is 28.2 Å². The Labute approximate surface area is 289 Å². The number of aliphatic hydroxyl groups excluding tert-OH is 1. The number of Topliss-reactive ketones (excluding diaryl/α,β-unsaturated/α-hetero) is 1. The van der Waals surface area contributed by atoms with Crippen LogP contribution in [0.15, 0.2) is 83.7 Å². The van der Waals surface area contributed by atoms with Crippen LogP contribution in [0.2, 0.25) is 0 Å². The van der Waals surface area contributed by atoms with Crippen molar-refractivity contribution in [2.24, 2.45) is 11.8 Å². The second-order valence-corrected chi connectivity index (χ2v) is 12.8. The number of β-amino-alcohol motifs (C(OH)–C–C–N with tert-alkyl or cyclic N) is 1. The summed E-state index contributed by atoms with van der Waals surface area (Å²) in [6.07, 6.45) is 0.530. The molecule has 0 bridgehead atoms. The zero-order valence-corrected chi connectivity index (χ0v) is 28.1. The monoisotopic (exact) mass is 682 g/mol.